The standard InChI is InChI=1S/C20H14N4O2/c21-19-18-14(13-6-7-16-17(8-13)26-11-25-16)9-15(12-4-2-1-3-5-12)24-20(18)23-10-22-19/h1-10H,11H2,(H2,21,22,23,24). The third kappa shape index (κ3) is 2.31. The lowest BCUT2D eigenvalue weighted by atomic mass is 9.99. The lowest BCUT2D eigenvalue weighted by Crippen LogP contribution is -1.98. The molecule has 6 nitrogen and oxygen atoms in total. The average Bonchev–Trinajstić information content (AvgIpc) is 3.16. The van der Waals surface area contributed by atoms with Gasteiger partial charge in [0.2, 0.25) is 6.79 Å². The van der Waals surface area contributed by atoms with Crippen molar-refractivity contribution < 1.29 is 9.47 Å². The summed E-state index contributed by atoms with van der Waals surface area (Å²) in [6.45, 7) is 0.233. The third-order valence-electron chi connectivity index (χ3n) is 4.39. The highest BCUT2D eigenvalue weighted by Gasteiger charge is 2.18. The maximum atomic E-state index is 6.15. The van der Waals surface area contributed by atoms with Gasteiger partial charge in [-0.05, 0) is 29.3 Å². The van der Waals surface area contributed by atoms with E-state index in [1.807, 2.05) is 54.6 Å². The molecule has 0 radical (unpaired) electrons. The maximum absolute atomic E-state index is 6.15. The summed E-state index contributed by atoms with van der Waals surface area (Å²) in [5, 5.41) is 0.728. The van der Waals surface area contributed by atoms with Gasteiger partial charge in [-0.1, -0.05) is 36.4 Å². The first kappa shape index (κ1) is 14.7. The van der Waals surface area contributed by atoms with E-state index >= 15 is 0 Å². The predicted molar refractivity (Wildman–Crippen MR) is 98.7 cm³/mol. The summed E-state index contributed by atoms with van der Waals surface area (Å²) in [5.41, 5.74) is 10.4. The predicted octanol–water partition coefficient (Wildman–Crippen LogP) is 3.67. The van der Waals surface area contributed by atoms with E-state index in [4.69, 9.17) is 15.2 Å². The zero-order chi connectivity index (χ0) is 17.5. The molecule has 4 aromatic rings. The Balaban J connectivity index is 1.80. The van der Waals surface area contributed by atoms with E-state index in [-0.39, 0.29) is 6.79 Å². The minimum Gasteiger partial charge on any atom is -0.454 e. The molecule has 0 unspecified atom stereocenters. The number of anilines is 1. The van der Waals surface area contributed by atoms with Crippen molar-refractivity contribution in [3.63, 3.8) is 0 Å². The van der Waals surface area contributed by atoms with Crippen LogP contribution in [0.25, 0.3) is 33.4 Å². The quantitative estimate of drug-likeness (QED) is 0.598. The molecule has 1 aliphatic heterocycles. The summed E-state index contributed by atoms with van der Waals surface area (Å²) in [7, 11) is 0. The lowest BCUT2D eigenvalue weighted by Gasteiger charge is -2.11. The van der Waals surface area contributed by atoms with Crippen LogP contribution in [0.1, 0.15) is 0 Å². The van der Waals surface area contributed by atoms with Gasteiger partial charge in [0.05, 0.1) is 11.1 Å². The number of nitrogens with two attached hydrogens (primary N) is 1. The zero-order valence-corrected chi connectivity index (χ0v) is 13.7. The molecule has 3 heterocycles. The van der Waals surface area contributed by atoms with Crippen LogP contribution in [0.15, 0.2) is 60.9 Å². The fraction of sp³-hybridized carbons (Fsp3) is 0.0500. The summed E-state index contributed by atoms with van der Waals surface area (Å²) in [6, 6.07) is 17.8. The second-order valence-corrected chi connectivity index (χ2v) is 5.95. The molecule has 0 fully saturated rings. The van der Waals surface area contributed by atoms with Crippen molar-refractivity contribution in [3.8, 4) is 33.9 Å². The Morgan fingerprint density at radius 1 is 0.846 bits per heavy atom. The molecule has 0 saturated heterocycles. The molecule has 0 atom stereocenters. The van der Waals surface area contributed by atoms with Gasteiger partial charge in [-0.3, -0.25) is 0 Å². The number of hydrogen-bond donors (Lipinski definition) is 1. The van der Waals surface area contributed by atoms with Gasteiger partial charge in [-0.15, -0.1) is 0 Å². The van der Waals surface area contributed by atoms with Crippen LogP contribution in [0.3, 0.4) is 0 Å². The van der Waals surface area contributed by atoms with Crippen LogP contribution in [0, 0.1) is 0 Å². The number of rotatable bonds is 2. The van der Waals surface area contributed by atoms with Gasteiger partial charge in [-0.2, -0.15) is 0 Å². The van der Waals surface area contributed by atoms with E-state index in [2.05, 4.69) is 15.0 Å². The van der Waals surface area contributed by atoms with Crippen molar-refractivity contribution in [1.82, 2.24) is 15.0 Å². The fourth-order valence-corrected chi connectivity index (χ4v) is 3.14. The first-order valence-electron chi connectivity index (χ1n) is 8.16. The number of fused-ring (bicyclic) bond motifs is 2. The highest BCUT2D eigenvalue weighted by molar-refractivity contribution is 6.01. The van der Waals surface area contributed by atoms with Gasteiger partial charge < -0.3 is 15.2 Å². The van der Waals surface area contributed by atoms with Gasteiger partial charge in [0, 0.05) is 5.56 Å². The normalized spacial score (nSPS) is 12.5. The molecule has 0 spiro atoms. The van der Waals surface area contributed by atoms with Crippen LogP contribution in [-0.2, 0) is 0 Å². The van der Waals surface area contributed by atoms with Crippen molar-refractivity contribution in [2.24, 2.45) is 0 Å². The van der Waals surface area contributed by atoms with Gasteiger partial charge in [0.25, 0.3) is 0 Å². The molecule has 0 saturated carbocycles. The zero-order valence-electron chi connectivity index (χ0n) is 13.7. The molecular formula is C20H14N4O2. The monoisotopic (exact) mass is 342 g/mol. The van der Waals surface area contributed by atoms with Crippen molar-refractivity contribution in [1.29, 1.82) is 0 Å². The largest absolute Gasteiger partial charge is 0.454 e. The van der Waals surface area contributed by atoms with Gasteiger partial charge in [0.15, 0.2) is 17.1 Å². The van der Waals surface area contributed by atoms with E-state index in [1.165, 1.54) is 6.33 Å². The molecule has 126 valence electrons. The van der Waals surface area contributed by atoms with E-state index in [9.17, 15) is 0 Å². The molecule has 0 aliphatic carbocycles. The van der Waals surface area contributed by atoms with Gasteiger partial charge in [0.1, 0.15) is 12.1 Å². The number of nitrogen functional groups attached to an aromatic ring is 1. The Bertz CT molecular complexity index is 1130. The molecule has 2 aromatic carbocycles. The van der Waals surface area contributed by atoms with Crippen LogP contribution < -0.4 is 15.2 Å². The Kier molecular flexibility index (Phi) is 3.21. The molecule has 0 bridgehead atoms. The molecule has 1 aliphatic rings. The third-order valence-corrected chi connectivity index (χ3v) is 4.39. The minimum atomic E-state index is 0.233. The molecular weight excluding hydrogens is 328 g/mol. The molecule has 2 N–H and O–H groups in total. The maximum Gasteiger partial charge on any atom is 0.231 e. The second kappa shape index (κ2) is 5.70. The van der Waals surface area contributed by atoms with E-state index < -0.39 is 0 Å². The number of ether oxygens (including phenoxy) is 2. The van der Waals surface area contributed by atoms with Crippen LogP contribution in [-0.4, -0.2) is 21.7 Å². The summed E-state index contributed by atoms with van der Waals surface area (Å²) in [5.74, 6) is 1.85. The molecule has 5 rings (SSSR count). The smallest absolute Gasteiger partial charge is 0.231 e. The lowest BCUT2D eigenvalue weighted by molar-refractivity contribution is 0.174. The SMILES string of the molecule is Nc1ncnc2nc(-c3ccccc3)cc(-c3ccc4c(c3)OCO4)c12. The topological polar surface area (TPSA) is 83.2 Å². The molecule has 6 heteroatoms. The number of nitrogens with zero attached hydrogens (tertiary/aromatic N) is 3. The Morgan fingerprint density at radius 2 is 1.69 bits per heavy atom. The molecule has 26 heavy (non-hydrogen) atoms. The number of aromatic nitrogens is 3. The average molecular weight is 342 g/mol. The van der Waals surface area contributed by atoms with Crippen molar-refractivity contribution >= 4 is 16.9 Å². The summed E-state index contributed by atoms with van der Waals surface area (Å²) < 4.78 is 10.9. The first-order valence-corrected chi connectivity index (χ1v) is 8.16. The van der Waals surface area contributed by atoms with E-state index in [0.717, 1.165) is 33.5 Å². The van der Waals surface area contributed by atoms with Crippen molar-refractivity contribution in [2.75, 3.05) is 12.5 Å². The summed E-state index contributed by atoms with van der Waals surface area (Å²) in [4.78, 5) is 13.1. The van der Waals surface area contributed by atoms with Crippen LogP contribution in [0.5, 0.6) is 11.5 Å². The fourth-order valence-electron chi connectivity index (χ4n) is 3.14. The Labute approximate surface area is 149 Å². The van der Waals surface area contributed by atoms with E-state index in [1.54, 1.807) is 0 Å². The van der Waals surface area contributed by atoms with Crippen molar-refractivity contribution in [3.05, 3.63) is 60.9 Å². The summed E-state index contributed by atoms with van der Waals surface area (Å²) >= 11 is 0. The van der Waals surface area contributed by atoms with Crippen LogP contribution in [0.2, 0.25) is 0 Å². The number of pyridine rings is 1. The molecule has 2 aromatic heterocycles. The number of hydrogen-bond acceptors (Lipinski definition) is 6. The van der Waals surface area contributed by atoms with Crippen LogP contribution >= 0.6 is 0 Å². The molecule has 0 amide bonds. The Hall–Kier alpha value is -3.67. The Morgan fingerprint density at radius 3 is 2.58 bits per heavy atom. The van der Waals surface area contributed by atoms with E-state index in [0.29, 0.717) is 17.2 Å². The number of benzene rings is 2. The summed E-state index contributed by atoms with van der Waals surface area (Å²) in [6.07, 6.45) is 1.43. The van der Waals surface area contributed by atoms with Gasteiger partial charge >= 0.3 is 0 Å². The highest BCUT2D eigenvalue weighted by atomic mass is 16.7. The van der Waals surface area contributed by atoms with Crippen molar-refractivity contribution in [2.45, 2.75) is 0 Å². The van der Waals surface area contributed by atoms with Gasteiger partial charge in [-0.25, -0.2) is 15.0 Å². The second-order valence-electron chi connectivity index (χ2n) is 5.95. The minimum absolute atomic E-state index is 0.233. The highest BCUT2D eigenvalue weighted by Crippen LogP contribution is 2.39. The van der Waals surface area contributed by atoms with Crippen LogP contribution in [0.4, 0.5) is 5.82 Å². The first-order chi connectivity index (χ1) is 12.8.